The van der Waals surface area contributed by atoms with Crippen LogP contribution in [-0.4, -0.2) is 21.5 Å². The van der Waals surface area contributed by atoms with Crippen LogP contribution in [0.2, 0.25) is 5.02 Å². The number of halogens is 2. The van der Waals surface area contributed by atoms with Gasteiger partial charge in [0.05, 0.1) is 0 Å². The smallest absolute Gasteiger partial charge is 0.252 e. The summed E-state index contributed by atoms with van der Waals surface area (Å²) < 4.78 is 19.4. The highest BCUT2D eigenvalue weighted by Crippen LogP contribution is 2.27. The molecule has 3 aromatic rings. The molecule has 114 valence electrons. The van der Waals surface area contributed by atoms with E-state index in [2.05, 4.69) is 15.0 Å². The standard InChI is InChI=1S/C15H14ClFN4O/c1-3-21(7-10-11(16)5-4-6-12(10)17)14-13-15(19-8-18-14)22-9(2)20-13/h4-6,8H,3,7H2,1-2H3. The van der Waals surface area contributed by atoms with Crippen molar-refractivity contribution in [1.82, 2.24) is 15.0 Å². The first-order chi connectivity index (χ1) is 10.6. The number of aromatic nitrogens is 3. The number of hydrogen-bond donors (Lipinski definition) is 0. The van der Waals surface area contributed by atoms with Crippen molar-refractivity contribution in [3.05, 3.63) is 46.8 Å². The Morgan fingerprint density at radius 2 is 2.14 bits per heavy atom. The van der Waals surface area contributed by atoms with E-state index in [0.29, 0.717) is 46.6 Å². The summed E-state index contributed by atoms with van der Waals surface area (Å²) in [5.74, 6) is 0.771. The van der Waals surface area contributed by atoms with Crippen molar-refractivity contribution in [2.75, 3.05) is 11.4 Å². The minimum absolute atomic E-state index is 0.292. The van der Waals surface area contributed by atoms with Crippen LogP contribution in [0, 0.1) is 12.7 Å². The van der Waals surface area contributed by atoms with E-state index in [1.807, 2.05) is 11.8 Å². The first-order valence-corrected chi connectivity index (χ1v) is 7.24. The Kier molecular flexibility index (Phi) is 3.94. The maximum atomic E-state index is 14.0. The number of benzene rings is 1. The lowest BCUT2D eigenvalue weighted by atomic mass is 10.2. The molecule has 0 saturated carbocycles. The second-order valence-corrected chi connectivity index (χ2v) is 5.21. The SMILES string of the molecule is CCN(Cc1c(F)cccc1Cl)c1ncnc2oc(C)nc12. The number of oxazole rings is 1. The normalized spacial score (nSPS) is 11.1. The van der Waals surface area contributed by atoms with Gasteiger partial charge in [0.15, 0.2) is 17.2 Å². The number of anilines is 1. The van der Waals surface area contributed by atoms with Gasteiger partial charge in [-0.25, -0.2) is 14.4 Å². The van der Waals surface area contributed by atoms with Crippen molar-refractivity contribution in [3.8, 4) is 0 Å². The van der Waals surface area contributed by atoms with Gasteiger partial charge < -0.3 is 9.32 Å². The van der Waals surface area contributed by atoms with Crippen LogP contribution in [0.5, 0.6) is 0 Å². The molecule has 0 aliphatic heterocycles. The zero-order valence-electron chi connectivity index (χ0n) is 12.2. The Morgan fingerprint density at radius 3 is 2.86 bits per heavy atom. The Morgan fingerprint density at radius 1 is 1.32 bits per heavy atom. The van der Waals surface area contributed by atoms with Crippen LogP contribution in [0.15, 0.2) is 28.9 Å². The summed E-state index contributed by atoms with van der Waals surface area (Å²) in [5.41, 5.74) is 1.41. The molecule has 0 fully saturated rings. The molecule has 0 bridgehead atoms. The van der Waals surface area contributed by atoms with Crippen LogP contribution in [0.4, 0.5) is 10.2 Å². The van der Waals surface area contributed by atoms with Gasteiger partial charge in [-0.1, -0.05) is 17.7 Å². The molecule has 0 radical (unpaired) electrons. The van der Waals surface area contributed by atoms with E-state index >= 15 is 0 Å². The second-order valence-electron chi connectivity index (χ2n) is 4.80. The van der Waals surface area contributed by atoms with Gasteiger partial charge in [0.1, 0.15) is 12.1 Å². The van der Waals surface area contributed by atoms with Gasteiger partial charge in [0.2, 0.25) is 0 Å². The zero-order chi connectivity index (χ0) is 15.7. The Bertz CT molecular complexity index is 800. The highest BCUT2D eigenvalue weighted by atomic mass is 35.5. The van der Waals surface area contributed by atoms with E-state index in [1.54, 1.807) is 19.1 Å². The number of hydrogen-bond acceptors (Lipinski definition) is 5. The number of aryl methyl sites for hydroxylation is 1. The molecule has 0 N–H and O–H groups in total. The van der Waals surface area contributed by atoms with Gasteiger partial charge >= 0.3 is 0 Å². The maximum absolute atomic E-state index is 14.0. The third-order valence-corrected chi connectivity index (χ3v) is 3.73. The van der Waals surface area contributed by atoms with Crippen molar-refractivity contribution in [2.24, 2.45) is 0 Å². The van der Waals surface area contributed by atoms with Gasteiger partial charge in [0.25, 0.3) is 5.71 Å². The van der Waals surface area contributed by atoms with E-state index in [1.165, 1.54) is 12.4 Å². The highest BCUT2D eigenvalue weighted by Gasteiger charge is 2.18. The second kappa shape index (κ2) is 5.88. The number of rotatable bonds is 4. The molecule has 7 heteroatoms. The van der Waals surface area contributed by atoms with Crippen LogP contribution in [0.3, 0.4) is 0 Å². The lowest BCUT2D eigenvalue weighted by Gasteiger charge is -2.22. The van der Waals surface area contributed by atoms with E-state index in [9.17, 15) is 4.39 Å². The lowest BCUT2D eigenvalue weighted by Crippen LogP contribution is -2.24. The molecule has 5 nitrogen and oxygen atoms in total. The molecule has 0 saturated heterocycles. The Balaban J connectivity index is 2.03. The van der Waals surface area contributed by atoms with Gasteiger partial charge in [-0.3, -0.25) is 0 Å². The van der Waals surface area contributed by atoms with Crippen molar-refractivity contribution >= 4 is 28.6 Å². The molecule has 2 aromatic heterocycles. The van der Waals surface area contributed by atoms with Gasteiger partial charge in [-0.2, -0.15) is 4.98 Å². The van der Waals surface area contributed by atoms with Crippen LogP contribution < -0.4 is 4.90 Å². The molecule has 0 spiro atoms. The van der Waals surface area contributed by atoms with Crippen LogP contribution in [0.25, 0.3) is 11.2 Å². The van der Waals surface area contributed by atoms with Crippen molar-refractivity contribution in [1.29, 1.82) is 0 Å². The first-order valence-electron chi connectivity index (χ1n) is 6.86. The molecule has 0 aliphatic carbocycles. The third-order valence-electron chi connectivity index (χ3n) is 3.37. The summed E-state index contributed by atoms with van der Waals surface area (Å²) >= 11 is 6.11. The lowest BCUT2D eigenvalue weighted by molar-refractivity contribution is 0.551. The van der Waals surface area contributed by atoms with Crippen molar-refractivity contribution in [2.45, 2.75) is 20.4 Å². The minimum atomic E-state index is -0.340. The van der Waals surface area contributed by atoms with E-state index in [-0.39, 0.29) is 5.82 Å². The largest absolute Gasteiger partial charge is 0.422 e. The molecule has 22 heavy (non-hydrogen) atoms. The van der Waals surface area contributed by atoms with Crippen LogP contribution in [0.1, 0.15) is 18.4 Å². The Hall–Kier alpha value is -2.21. The average Bonchev–Trinajstić information content (AvgIpc) is 2.87. The highest BCUT2D eigenvalue weighted by molar-refractivity contribution is 6.31. The van der Waals surface area contributed by atoms with Gasteiger partial charge in [0, 0.05) is 30.6 Å². The van der Waals surface area contributed by atoms with Crippen molar-refractivity contribution in [3.63, 3.8) is 0 Å². The fourth-order valence-electron chi connectivity index (χ4n) is 2.29. The number of nitrogens with zero attached hydrogens (tertiary/aromatic N) is 4. The fraction of sp³-hybridized carbons (Fsp3) is 0.267. The van der Waals surface area contributed by atoms with Crippen LogP contribution >= 0.6 is 11.6 Å². The number of fused-ring (bicyclic) bond motifs is 1. The third kappa shape index (κ3) is 2.62. The molecule has 0 unspecified atom stereocenters. The first kappa shape index (κ1) is 14.7. The summed E-state index contributed by atoms with van der Waals surface area (Å²) in [6, 6.07) is 4.65. The fourth-order valence-corrected chi connectivity index (χ4v) is 2.51. The summed E-state index contributed by atoms with van der Waals surface area (Å²) in [7, 11) is 0. The molecule has 2 heterocycles. The summed E-state index contributed by atoms with van der Waals surface area (Å²) in [4.78, 5) is 14.5. The molecular weight excluding hydrogens is 307 g/mol. The molecule has 0 atom stereocenters. The minimum Gasteiger partial charge on any atom is -0.422 e. The van der Waals surface area contributed by atoms with Gasteiger partial charge in [-0.05, 0) is 19.1 Å². The summed E-state index contributed by atoms with van der Waals surface area (Å²) in [5, 5.41) is 0.389. The molecular formula is C15H14ClFN4O. The van der Waals surface area contributed by atoms with E-state index in [4.69, 9.17) is 16.0 Å². The van der Waals surface area contributed by atoms with Crippen molar-refractivity contribution < 1.29 is 8.81 Å². The average molecular weight is 321 g/mol. The quantitative estimate of drug-likeness (QED) is 0.733. The Labute approximate surface area is 131 Å². The predicted octanol–water partition coefficient (Wildman–Crippen LogP) is 3.75. The van der Waals surface area contributed by atoms with Gasteiger partial charge in [-0.15, -0.1) is 0 Å². The molecule has 0 aliphatic rings. The maximum Gasteiger partial charge on any atom is 0.252 e. The van der Waals surface area contributed by atoms with E-state index < -0.39 is 0 Å². The summed E-state index contributed by atoms with van der Waals surface area (Å²) in [6.07, 6.45) is 1.41. The molecule has 0 amide bonds. The predicted molar refractivity (Wildman–Crippen MR) is 82.5 cm³/mol. The monoisotopic (exact) mass is 320 g/mol. The summed E-state index contributed by atoms with van der Waals surface area (Å²) in [6.45, 7) is 4.60. The molecule has 1 aromatic carbocycles. The van der Waals surface area contributed by atoms with Crippen LogP contribution in [-0.2, 0) is 6.54 Å². The van der Waals surface area contributed by atoms with E-state index in [0.717, 1.165) is 0 Å². The molecule has 3 rings (SSSR count). The zero-order valence-corrected chi connectivity index (χ0v) is 12.9. The topological polar surface area (TPSA) is 55.1 Å².